The molecule has 1 heterocycles. The first-order valence-corrected chi connectivity index (χ1v) is 5.09. The normalized spacial score (nSPS) is 30.3. The van der Waals surface area contributed by atoms with Crippen molar-refractivity contribution in [2.45, 2.75) is 45.1 Å². The van der Waals surface area contributed by atoms with Crippen LogP contribution in [0.4, 0.5) is 0 Å². The molecular formula is C10H19NO2. The predicted molar refractivity (Wildman–Crippen MR) is 51.8 cm³/mol. The van der Waals surface area contributed by atoms with Crippen molar-refractivity contribution in [1.29, 1.82) is 0 Å². The molecule has 1 N–H and O–H groups in total. The molecule has 1 rings (SSSR count). The van der Waals surface area contributed by atoms with E-state index in [1.807, 2.05) is 6.92 Å². The highest BCUT2D eigenvalue weighted by Gasteiger charge is 2.40. The molecule has 1 fully saturated rings. The van der Waals surface area contributed by atoms with Crippen LogP contribution in [0.5, 0.6) is 0 Å². The summed E-state index contributed by atoms with van der Waals surface area (Å²) in [7, 11) is 0. The molecular weight excluding hydrogens is 166 g/mol. The second kappa shape index (κ2) is 4.09. The van der Waals surface area contributed by atoms with Crippen LogP contribution in [0.3, 0.4) is 0 Å². The molecule has 1 aliphatic rings. The van der Waals surface area contributed by atoms with Crippen LogP contribution in [0.15, 0.2) is 0 Å². The number of rotatable bonds is 3. The summed E-state index contributed by atoms with van der Waals surface area (Å²) in [6, 6.07) is 0. The number of aliphatic carboxylic acids is 1. The van der Waals surface area contributed by atoms with E-state index in [0.29, 0.717) is 0 Å². The SMILES string of the molecule is CCCN1CCCCC1(C)C(=O)O. The highest BCUT2D eigenvalue weighted by atomic mass is 16.4. The number of piperidine rings is 1. The predicted octanol–water partition coefficient (Wildman–Crippen LogP) is 1.73. The zero-order chi connectivity index (χ0) is 9.90. The van der Waals surface area contributed by atoms with Gasteiger partial charge in [0.1, 0.15) is 5.54 Å². The molecule has 0 aliphatic carbocycles. The van der Waals surface area contributed by atoms with Crippen molar-refractivity contribution < 1.29 is 9.90 Å². The van der Waals surface area contributed by atoms with Gasteiger partial charge in [-0.3, -0.25) is 9.69 Å². The van der Waals surface area contributed by atoms with Gasteiger partial charge < -0.3 is 5.11 Å². The Morgan fingerprint density at radius 2 is 2.23 bits per heavy atom. The van der Waals surface area contributed by atoms with Gasteiger partial charge >= 0.3 is 5.97 Å². The molecule has 13 heavy (non-hydrogen) atoms. The molecule has 0 aromatic carbocycles. The minimum Gasteiger partial charge on any atom is -0.480 e. The van der Waals surface area contributed by atoms with E-state index < -0.39 is 11.5 Å². The van der Waals surface area contributed by atoms with E-state index >= 15 is 0 Å². The van der Waals surface area contributed by atoms with Gasteiger partial charge in [0.05, 0.1) is 0 Å². The summed E-state index contributed by atoms with van der Waals surface area (Å²) >= 11 is 0. The van der Waals surface area contributed by atoms with E-state index in [1.54, 1.807) is 0 Å². The molecule has 1 atom stereocenters. The van der Waals surface area contributed by atoms with Crippen molar-refractivity contribution in [3.63, 3.8) is 0 Å². The lowest BCUT2D eigenvalue weighted by Crippen LogP contribution is -2.55. The maximum Gasteiger partial charge on any atom is 0.323 e. The van der Waals surface area contributed by atoms with E-state index in [4.69, 9.17) is 5.11 Å². The van der Waals surface area contributed by atoms with Gasteiger partial charge in [-0.15, -0.1) is 0 Å². The van der Waals surface area contributed by atoms with E-state index in [2.05, 4.69) is 11.8 Å². The topological polar surface area (TPSA) is 40.5 Å². The lowest BCUT2D eigenvalue weighted by molar-refractivity contribution is -0.152. The lowest BCUT2D eigenvalue weighted by atomic mass is 9.88. The molecule has 0 aromatic heterocycles. The van der Waals surface area contributed by atoms with Gasteiger partial charge in [-0.05, 0) is 45.7 Å². The Bertz CT molecular complexity index is 191. The van der Waals surface area contributed by atoms with Gasteiger partial charge in [0.15, 0.2) is 0 Å². The van der Waals surface area contributed by atoms with Crippen molar-refractivity contribution >= 4 is 5.97 Å². The summed E-state index contributed by atoms with van der Waals surface area (Å²) in [6.45, 7) is 5.79. The third-order valence-corrected chi connectivity index (χ3v) is 2.99. The summed E-state index contributed by atoms with van der Waals surface area (Å²) in [6.07, 6.45) is 4.01. The summed E-state index contributed by atoms with van der Waals surface area (Å²) in [5, 5.41) is 9.15. The molecule has 0 spiro atoms. The highest BCUT2D eigenvalue weighted by molar-refractivity contribution is 5.78. The minimum absolute atomic E-state index is 0.603. The Labute approximate surface area is 79.7 Å². The summed E-state index contributed by atoms with van der Waals surface area (Å²) in [5.74, 6) is -0.666. The van der Waals surface area contributed by atoms with E-state index in [1.165, 1.54) is 0 Å². The fourth-order valence-electron chi connectivity index (χ4n) is 2.05. The second-order valence-corrected chi connectivity index (χ2v) is 4.02. The Kier molecular flexibility index (Phi) is 3.31. The van der Waals surface area contributed by atoms with Gasteiger partial charge in [0.2, 0.25) is 0 Å². The van der Waals surface area contributed by atoms with Crippen LogP contribution >= 0.6 is 0 Å². The first kappa shape index (κ1) is 10.5. The fourth-order valence-corrected chi connectivity index (χ4v) is 2.05. The third kappa shape index (κ3) is 2.02. The van der Waals surface area contributed by atoms with E-state index in [9.17, 15) is 4.79 Å². The zero-order valence-corrected chi connectivity index (χ0v) is 8.55. The van der Waals surface area contributed by atoms with Crippen molar-refractivity contribution in [2.24, 2.45) is 0 Å². The summed E-state index contributed by atoms with van der Waals surface area (Å²) in [5.41, 5.74) is -0.603. The highest BCUT2D eigenvalue weighted by Crippen LogP contribution is 2.28. The summed E-state index contributed by atoms with van der Waals surface area (Å²) < 4.78 is 0. The van der Waals surface area contributed by atoms with Crippen LogP contribution in [0, 0.1) is 0 Å². The van der Waals surface area contributed by atoms with Crippen LogP contribution < -0.4 is 0 Å². The van der Waals surface area contributed by atoms with Gasteiger partial charge in [-0.1, -0.05) is 6.92 Å². The van der Waals surface area contributed by atoms with Crippen molar-refractivity contribution in [2.75, 3.05) is 13.1 Å². The quantitative estimate of drug-likeness (QED) is 0.728. The third-order valence-electron chi connectivity index (χ3n) is 2.99. The Morgan fingerprint density at radius 3 is 2.77 bits per heavy atom. The first-order chi connectivity index (χ1) is 6.11. The molecule has 1 saturated heterocycles. The summed E-state index contributed by atoms with van der Waals surface area (Å²) in [4.78, 5) is 13.2. The smallest absolute Gasteiger partial charge is 0.323 e. The molecule has 0 amide bonds. The molecule has 0 bridgehead atoms. The standard InChI is InChI=1S/C10H19NO2/c1-3-7-11-8-5-4-6-10(11,2)9(12)13/h3-8H2,1-2H3,(H,12,13). The first-order valence-electron chi connectivity index (χ1n) is 5.09. The van der Waals surface area contributed by atoms with Crippen molar-refractivity contribution in [3.8, 4) is 0 Å². The van der Waals surface area contributed by atoms with Crippen LogP contribution in [-0.4, -0.2) is 34.6 Å². The Balaban J connectivity index is 2.71. The maximum absolute atomic E-state index is 11.1. The Hall–Kier alpha value is -0.570. The molecule has 0 radical (unpaired) electrons. The average Bonchev–Trinajstić information content (AvgIpc) is 2.09. The number of carboxylic acid groups (broad SMARTS) is 1. The monoisotopic (exact) mass is 185 g/mol. The van der Waals surface area contributed by atoms with Crippen LogP contribution in [0.25, 0.3) is 0 Å². The van der Waals surface area contributed by atoms with Gasteiger partial charge in [0, 0.05) is 0 Å². The van der Waals surface area contributed by atoms with Crippen molar-refractivity contribution in [3.05, 3.63) is 0 Å². The van der Waals surface area contributed by atoms with Crippen LogP contribution in [0.1, 0.15) is 39.5 Å². The molecule has 1 unspecified atom stereocenters. The van der Waals surface area contributed by atoms with E-state index in [0.717, 1.165) is 38.8 Å². The number of hydrogen-bond donors (Lipinski definition) is 1. The molecule has 0 saturated carbocycles. The average molecular weight is 185 g/mol. The van der Waals surface area contributed by atoms with Crippen LogP contribution in [0.2, 0.25) is 0 Å². The Morgan fingerprint density at radius 1 is 1.54 bits per heavy atom. The number of hydrogen-bond acceptors (Lipinski definition) is 2. The largest absolute Gasteiger partial charge is 0.480 e. The molecule has 76 valence electrons. The number of carbonyl (C=O) groups is 1. The second-order valence-electron chi connectivity index (χ2n) is 4.02. The molecule has 1 aliphatic heterocycles. The van der Waals surface area contributed by atoms with E-state index in [-0.39, 0.29) is 0 Å². The maximum atomic E-state index is 11.1. The zero-order valence-electron chi connectivity index (χ0n) is 8.55. The molecule has 3 nitrogen and oxygen atoms in total. The lowest BCUT2D eigenvalue weighted by Gasteiger charge is -2.41. The van der Waals surface area contributed by atoms with Crippen molar-refractivity contribution in [1.82, 2.24) is 4.90 Å². The fraction of sp³-hybridized carbons (Fsp3) is 0.900. The number of likely N-dealkylation sites (tertiary alicyclic amines) is 1. The van der Waals surface area contributed by atoms with Gasteiger partial charge in [0.25, 0.3) is 0 Å². The number of nitrogens with zero attached hydrogens (tertiary/aromatic N) is 1. The van der Waals surface area contributed by atoms with Gasteiger partial charge in [-0.25, -0.2) is 0 Å². The molecule has 0 aromatic rings. The van der Waals surface area contributed by atoms with Gasteiger partial charge in [-0.2, -0.15) is 0 Å². The molecule has 3 heteroatoms. The minimum atomic E-state index is -0.666. The van der Waals surface area contributed by atoms with Crippen LogP contribution in [-0.2, 0) is 4.79 Å². The number of carboxylic acids is 1.